The Morgan fingerprint density at radius 3 is 2.61 bits per heavy atom. The molecule has 10 heteroatoms. The molecule has 0 saturated heterocycles. The minimum atomic E-state index is -3.18. The van der Waals surface area contributed by atoms with Gasteiger partial charge in [-0.1, -0.05) is 40.0 Å². The van der Waals surface area contributed by atoms with Crippen molar-refractivity contribution in [3.05, 3.63) is 12.2 Å². The van der Waals surface area contributed by atoms with Crippen molar-refractivity contribution in [2.24, 2.45) is 10.9 Å². The number of aromatic nitrogens is 3. The van der Waals surface area contributed by atoms with Gasteiger partial charge in [0.1, 0.15) is 12.2 Å². The molecule has 0 bridgehead atoms. The minimum absolute atomic E-state index is 0.317. The molecule has 28 heavy (non-hydrogen) atoms. The minimum Gasteiger partial charge on any atom is -0.355 e. The summed E-state index contributed by atoms with van der Waals surface area (Å²) in [6, 6.07) is 0. The highest BCUT2D eigenvalue weighted by Gasteiger charge is 2.07. The average Bonchev–Trinajstić information content (AvgIpc) is 3.11. The van der Waals surface area contributed by atoms with Gasteiger partial charge in [0.15, 0.2) is 5.96 Å². The summed E-state index contributed by atoms with van der Waals surface area (Å²) in [4.78, 5) is 4.72. The maximum atomic E-state index is 11.2. The molecule has 0 amide bonds. The summed E-state index contributed by atoms with van der Waals surface area (Å²) in [7, 11) is -3.18. The van der Waals surface area contributed by atoms with E-state index in [1.165, 1.54) is 19.3 Å². The number of hydrogen-bond donors (Lipinski definition) is 3. The Labute approximate surface area is 169 Å². The number of unbranched alkanes of at least 4 members (excludes halogenated alkanes) is 1. The lowest BCUT2D eigenvalue weighted by Crippen LogP contribution is -2.42. The number of aryl methyl sites for hydroxylation is 1. The van der Waals surface area contributed by atoms with E-state index in [1.807, 2.05) is 4.57 Å². The first-order valence-electron chi connectivity index (χ1n) is 10.2. The van der Waals surface area contributed by atoms with Crippen molar-refractivity contribution >= 4 is 16.0 Å². The second kappa shape index (κ2) is 13.5. The number of hydrogen-bond acceptors (Lipinski definition) is 5. The average molecular weight is 416 g/mol. The Morgan fingerprint density at radius 1 is 1.21 bits per heavy atom. The van der Waals surface area contributed by atoms with Crippen molar-refractivity contribution < 1.29 is 8.42 Å². The Balaban J connectivity index is 2.58. The number of rotatable bonds is 14. The van der Waals surface area contributed by atoms with Crippen LogP contribution in [0.25, 0.3) is 0 Å². The summed E-state index contributed by atoms with van der Waals surface area (Å²) in [6.45, 7) is 9.43. The molecule has 1 heterocycles. The van der Waals surface area contributed by atoms with Crippen LogP contribution in [-0.2, 0) is 23.0 Å². The van der Waals surface area contributed by atoms with E-state index in [9.17, 15) is 8.42 Å². The number of sulfonamides is 1. The Hall–Kier alpha value is -1.68. The fraction of sp³-hybridized carbons (Fsp3) is 0.833. The van der Waals surface area contributed by atoms with Crippen molar-refractivity contribution in [3.63, 3.8) is 0 Å². The first-order chi connectivity index (χ1) is 13.4. The third-order valence-corrected chi connectivity index (χ3v) is 5.22. The Kier molecular flexibility index (Phi) is 11.7. The van der Waals surface area contributed by atoms with E-state index in [-0.39, 0.29) is 0 Å². The molecule has 0 aliphatic heterocycles. The Bertz CT molecular complexity index is 673. The summed E-state index contributed by atoms with van der Waals surface area (Å²) in [5.41, 5.74) is 0. The third kappa shape index (κ3) is 10.6. The molecule has 0 fully saturated rings. The highest BCUT2D eigenvalue weighted by atomic mass is 32.2. The van der Waals surface area contributed by atoms with Gasteiger partial charge in [0.05, 0.1) is 6.26 Å². The molecule has 1 aromatic heterocycles. The van der Waals surface area contributed by atoms with Crippen LogP contribution in [0.4, 0.5) is 0 Å². The van der Waals surface area contributed by atoms with Crippen LogP contribution in [0.3, 0.4) is 0 Å². The molecule has 1 aromatic rings. The van der Waals surface area contributed by atoms with E-state index < -0.39 is 10.0 Å². The summed E-state index contributed by atoms with van der Waals surface area (Å²) in [5, 5.41) is 14.6. The van der Waals surface area contributed by atoms with Crippen LogP contribution in [-0.4, -0.2) is 61.6 Å². The molecule has 1 rings (SSSR count). The molecule has 1 unspecified atom stereocenters. The normalized spacial score (nSPS) is 13.5. The summed E-state index contributed by atoms with van der Waals surface area (Å²) in [6.07, 6.45) is 8.43. The van der Waals surface area contributed by atoms with Gasteiger partial charge in [-0.05, 0) is 12.3 Å². The van der Waals surface area contributed by atoms with Gasteiger partial charge in [-0.15, -0.1) is 10.2 Å². The van der Waals surface area contributed by atoms with Crippen LogP contribution >= 0.6 is 0 Å². The predicted octanol–water partition coefficient (Wildman–Crippen LogP) is 1.14. The fourth-order valence-corrected chi connectivity index (χ4v) is 3.24. The lowest BCUT2D eigenvalue weighted by molar-refractivity contribution is 0.461. The molecule has 1 atom stereocenters. The van der Waals surface area contributed by atoms with Crippen molar-refractivity contribution in [1.29, 1.82) is 0 Å². The molecule has 3 N–H and O–H groups in total. The topological polar surface area (TPSA) is 113 Å². The van der Waals surface area contributed by atoms with E-state index in [1.54, 1.807) is 6.33 Å². The van der Waals surface area contributed by atoms with Gasteiger partial charge >= 0.3 is 0 Å². The van der Waals surface area contributed by atoms with Crippen LogP contribution in [0, 0.1) is 5.92 Å². The van der Waals surface area contributed by atoms with Gasteiger partial charge in [-0.3, -0.25) is 4.99 Å². The summed E-state index contributed by atoms with van der Waals surface area (Å²) in [5.74, 6) is 2.23. The zero-order valence-electron chi connectivity index (χ0n) is 17.7. The van der Waals surface area contributed by atoms with Crippen molar-refractivity contribution in [3.8, 4) is 0 Å². The monoisotopic (exact) mass is 415 g/mol. The van der Waals surface area contributed by atoms with E-state index in [0.29, 0.717) is 31.5 Å². The molecule has 0 spiro atoms. The number of nitrogens with zero attached hydrogens (tertiary/aromatic N) is 4. The van der Waals surface area contributed by atoms with Crippen LogP contribution in [0.15, 0.2) is 11.3 Å². The maximum absolute atomic E-state index is 11.2. The lowest BCUT2D eigenvalue weighted by atomic mass is 10.00. The van der Waals surface area contributed by atoms with Crippen LogP contribution < -0.4 is 15.4 Å². The van der Waals surface area contributed by atoms with Gasteiger partial charge < -0.3 is 15.2 Å². The van der Waals surface area contributed by atoms with Crippen LogP contribution in [0.1, 0.15) is 52.3 Å². The lowest BCUT2D eigenvalue weighted by Gasteiger charge is -2.16. The van der Waals surface area contributed by atoms with Gasteiger partial charge in [0.2, 0.25) is 10.0 Å². The zero-order valence-corrected chi connectivity index (χ0v) is 18.6. The van der Waals surface area contributed by atoms with E-state index in [4.69, 9.17) is 4.99 Å². The molecule has 0 radical (unpaired) electrons. The molecular weight excluding hydrogens is 378 g/mol. The molecule has 0 aliphatic rings. The number of nitrogens with one attached hydrogen (secondary N) is 3. The van der Waals surface area contributed by atoms with E-state index >= 15 is 0 Å². The molecule has 9 nitrogen and oxygen atoms in total. The van der Waals surface area contributed by atoms with Gasteiger partial charge in [0, 0.05) is 39.1 Å². The van der Waals surface area contributed by atoms with Crippen LogP contribution in [0.2, 0.25) is 0 Å². The third-order valence-electron chi connectivity index (χ3n) is 4.49. The maximum Gasteiger partial charge on any atom is 0.208 e. The summed E-state index contributed by atoms with van der Waals surface area (Å²) < 4.78 is 26.9. The summed E-state index contributed by atoms with van der Waals surface area (Å²) >= 11 is 0. The van der Waals surface area contributed by atoms with E-state index in [0.717, 1.165) is 38.0 Å². The molecule has 0 aromatic carbocycles. The van der Waals surface area contributed by atoms with Gasteiger partial charge in [0.25, 0.3) is 0 Å². The van der Waals surface area contributed by atoms with Gasteiger partial charge in [-0.25, -0.2) is 13.1 Å². The van der Waals surface area contributed by atoms with Gasteiger partial charge in [-0.2, -0.15) is 0 Å². The molecule has 0 aliphatic carbocycles. The predicted molar refractivity (Wildman–Crippen MR) is 114 cm³/mol. The van der Waals surface area contributed by atoms with Crippen molar-refractivity contribution in [1.82, 2.24) is 30.1 Å². The number of guanidine groups is 1. The van der Waals surface area contributed by atoms with E-state index in [2.05, 4.69) is 46.3 Å². The van der Waals surface area contributed by atoms with Crippen molar-refractivity contribution in [2.75, 3.05) is 32.4 Å². The largest absolute Gasteiger partial charge is 0.355 e. The quantitative estimate of drug-likeness (QED) is 0.239. The highest BCUT2D eigenvalue weighted by molar-refractivity contribution is 7.88. The zero-order chi connectivity index (χ0) is 20.8. The SMILES string of the molecule is CCCCC(CC)CN=C(NCCNS(C)(=O)=O)NCCn1cnnc1CC. The van der Waals surface area contributed by atoms with Crippen molar-refractivity contribution in [2.45, 2.75) is 59.4 Å². The first kappa shape index (κ1) is 24.4. The second-order valence-corrected chi connectivity index (χ2v) is 8.75. The molecule has 0 saturated carbocycles. The fourth-order valence-electron chi connectivity index (χ4n) is 2.76. The van der Waals surface area contributed by atoms with Crippen LogP contribution in [0.5, 0.6) is 0 Å². The number of aliphatic imine (C=N–C) groups is 1. The highest BCUT2D eigenvalue weighted by Crippen LogP contribution is 2.12. The smallest absolute Gasteiger partial charge is 0.208 e. The standard InChI is InChI=1S/C18H37N7O2S/c1-5-8-9-16(6-2)14-21-18(19-10-11-23-28(4,26)27)20-12-13-25-15-22-24-17(25)7-3/h15-16,23H,5-14H2,1-4H3,(H2,19,20,21). The molecule has 162 valence electrons. The second-order valence-electron chi connectivity index (χ2n) is 6.92. The molecular formula is C18H37N7O2S. The Morgan fingerprint density at radius 2 is 1.96 bits per heavy atom. The first-order valence-corrected chi connectivity index (χ1v) is 12.1.